The number of ether oxygens (including phenoxy) is 1. The Bertz CT molecular complexity index is 689. The Morgan fingerprint density at radius 3 is 2.32 bits per heavy atom. The zero-order chi connectivity index (χ0) is 16.3. The molecule has 1 heterocycles. The van der Waals surface area contributed by atoms with Crippen LogP contribution in [0.15, 0.2) is 30.5 Å². The standard InChI is InChI=1S/C16H19N3O3/c1-10(14-9-17-19(3)11(14)2)18-15(20)12-5-7-13(8-6-12)16(21)22-4/h5-10H,1-4H3,(H,18,20)/t10-/m0/s1. The lowest BCUT2D eigenvalue weighted by Gasteiger charge is -2.14. The van der Waals surface area contributed by atoms with E-state index in [4.69, 9.17) is 0 Å². The summed E-state index contributed by atoms with van der Waals surface area (Å²) in [4.78, 5) is 23.6. The van der Waals surface area contributed by atoms with Crippen LogP contribution in [0.2, 0.25) is 0 Å². The molecule has 2 aromatic rings. The van der Waals surface area contributed by atoms with E-state index < -0.39 is 5.97 Å². The van der Waals surface area contributed by atoms with Crippen molar-refractivity contribution in [2.45, 2.75) is 19.9 Å². The number of methoxy groups -OCH3 is 1. The molecule has 1 amide bonds. The highest BCUT2D eigenvalue weighted by molar-refractivity contribution is 5.96. The Morgan fingerprint density at radius 1 is 1.23 bits per heavy atom. The molecule has 0 spiro atoms. The lowest BCUT2D eigenvalue weighted by Crippen LogP contribution is -2.27. The number of carbonyl (C=O) groups is 2. The molecule has 6 nitrogen and oxygen atoms in total. The molecule has 0 unspecified atom stereocenters. The Hall–Kier alpha value is -2.63. The lowest BCUT2D eigenvalue weighted by atomic mass is 10.1. The minimum absolute atomic E-state index is 0.151. The van der Waals surface area contributed by atoms with Crippen molar-refractivity contribution in [1.82, 2.24) is 15.1 Å². The summed E-state index contributed by atoms with van der Waals surface area (Å²) in [7, 11) is 3.18. The summed E-state index contributed by atoms with van der Waals surface area (Å²) in [6, 6.07) is 6.19. The van der Waals surface area contributed by atoms with Gasteiger partial charge in [-0.1, -0.05) is 0 Å². The molecule has 0 aliphatic heterocycles. The first-order valence-corrected chi connectivity index (χ1v) is 6.91. The van der Waals surface area contributed by atoms with E-state index >= 15 is 0 Å². The third kappa shape index (κ3) is 3.16. The zero-order valence-electron chi connectivity index (χ0n) is 13.1. The van der Waals surface area contributed by atoms with Crippen molar-refractivity contribution >= 4 is 11.9 Å². The quantitative estimate of drug-likeness (QED) is 0.877. The van der Waals surface area contributed by atoms with Crippen molar-refractivity contribution in [2.24, 2.45) is 7.05 Å². The lowest BCUT2D eigenvalue weighted by molar-refractivity contribution is 0.0600. The number of aryl methyl sites for hydroxylation is 1. The van der Waals surface area contributed by atoms with Gasteiger partial charge < -0.3 is 10.1 Å². The predicted octanol–water partition coefficient (Wildman–Crippen LogP) is 2.01. The molecule has 1 aromatic carbocycles. The topological polar surface area (TPSA) is 73.2 Å². The van der Waals surface area contributed by atoms with Gasteiger partial charge in [-0.3, -0.25) is 9.48 Å². The molecular weight excluding hydrogens is 282 g/mol. The molecular formula is C16H19N3O3. The summed E-state index contributed by atoms with van der Waals surface area (Å²) in [5.41, 5.74) is 2.88. The number of hydrogen-bond acceptors (Lipinski definition) is 4. The van der Waals surface area contributed by atoms with E-state index in [0.29, 0.717) is 11.1 Å². The number of carbonyl (C=O) groups excluding carboxylic acids is 2. The number of nitrogens with zero attached hydrogens (tertiary/aromatic N) is 2. The summed E-state index contributed by atoms with van der Waals surface area (Å²) < 4.78 is 6.39. The van der Waals surface area contributed by atoms with E-state index in [9.17, 15) is 9.59 Å². The van der Waals surface area contributed by atoms with Crippen molar-refractivity contribution in [3.8, 4) is 0 Å². The van der Waals surface area contributed by atoms with Crippen molar-refractivity contribution in [1.29, 1.82) is 0 Å². The van der Waals surface area contributed by atoms with Crippen LogP contribution < -0.4 is 5.32 Å². The fraction of sp³-hybridized carbons (Fsp3) is 0.312. The minimum atomic E-state index is -0.425. The van der Waals surface area contributed by atoms with Crippen molar-refractivity contribution in [3.63, 3.8) is 0 Å². The summed E-state index contributed by atoms with van der Waals surface area (Å²) in [5, 5.41) is 7.09. The van der Waals surface area contributed by atoms with E-state index in [1.807, 2.05) is 20.9 Å². The Balaban J connectivity index is 2.09. The zero-order valence-corrected chi connectivity index (χ0v) is 13.1. The number of benzene rings is 1. The van der Waals surface area contributed by atoms with Gasteiger partial charge in [0.15, 0.2) is 0 Å². The van der Waals surface area contributed by atoms with Crippen LogP contribution in [0.5, 0.6) is 0 Å². The Morgan fingerprint density at radius 2 is 1.82 bits per heavy atom. The van der Waals surface area contributed by atoms with Crippen LogP contribution in [0.25, 0.3) is 0 Å². The second kappa shape index (κ2) is 6.43. The van der Waals surface area contributed by atoms with Crippen molar-refractivity contribution < 1.29 is 14.3 Å². The smallest absolute Gasteiger partial charge is 0.337 e. The monoisotopic (exact) mass is 301 g/mol. The second-order valence-electron chi connectivity index (χ2n) is 5.07. The van der Waals surface area contributed by atoms with Crippen molar-refractivity contribution in [2.75, 3.05) is 7.11 Å². The van der Waals surface area contributed by atoms with Gasteiger partial charge >= 0.3 is 5.97 Å². The summed E-state index contributed by atoms with van der Waals surface area (Å²) in [6.45, 7) is 3.86. The third-order valence-electron chi connectivity index (χ3n) is 3.66. The van der Waals surface area contributed by atoms with E-state index in [0.717, 1.165) is 11.3 Å². The van der Waals surface area contributed by atoms with Gasteiger partial charge in [-0.15, -0.1) is 0 Å². The molecule has 2 rings (SSSR count). The third-order valence-corrected chi connectivity index (χ3v) is 3.66. The van der Waals surface area contributed by atoms with Gasteiger partial charge in [-0.25, -0.2) is 4.79 Å². The van der Waals surface area contributed by atoms with Crippen LogP contribution in [0, 0.1) is 6.92 Å². The molecule has 0 radical (unpaired) electrons. The van der Waals surface area contributed by atoms with Gasteiger partial charge in [-0.2, -0.15) is 5.10 Å². The summed E-state index contributed by atoms with van der Waals surface area (Å²) in [5.74, 6) is -0.626. The van der Waals surface area contributed by atoms with Gasteiger partial charge in [-0.05, 0) is 38.1 Å². The number of esters is 1. The van der Waals surface area contributed by atoms with Gasteiger partial charge in [0.05, 0.1) is 24.9 Å². The fourth-order valence-corrected chi connectivity index (χ4v) is 2.17. The molecule has 0 aliphatic rings. The molecule has 116 valence electrons. The maximum absolute atomic E-state index is 12.2. The molecule has 22 heavy (non-hydrogen) atoms. The van der Waals surface area contributed by atoms with E-state index in [2.05, 4.69) is 15.2 Å². The maximum Gasteiger partial charge on any atom is 0.337 e. The Kier molecular flexibility index (Phi) is 4.60. The summed E-state index contributed by atoms with van der Waals surface area (Å²) in [6.07, 6.45) is 1.75. The molecule has 1 N–H and O–H groups in total. The summed E-state index contributed by atoms with van der Waals surface area (Å²) >= 11 is 0. The highest BCUT2D eigenvalue weighted by Crippen LogP contribution is 2.16. The molecule has 0 fully saturated rings. The van der Waals surface area contributed by atoms with Crippen LogP contribution in [0.3, 0.4) is 0 Å². The number of aromatic nitrogens is 2. The van der Waals surface area contributed by atoms with Crippen LogP contribution in [0.1, 0.15) is 44.9 Å². The van der Waals surface area contributed by atoms with Crippen LogP contribution >= 0.6 is 0 Å². The maximum atomic E-state index is 12.2. The molecule has 0 saturated carbocycles. The first-order valence-electron chi connectivity index (χ1n) is 6.91. The average Bonchev–Trinajstić information content (AvgIpc) is 2.86. The van der Waals surface area contributed by atoms with Gasteiger partial charge in [0.25, 0.3) is 5.91 Å². The normalized spacial score (nSPS) is 11.8. The van der Waals surface area contributed by atoms with E-state index in [1.54, 1.807) is 35.1 Å². The molecule has 0 saturated heterocycles. The SMILES string of the molecule is COC(=O)c1ccc(C(=O)N[C@@H](C)c2cnn(C)c2C)cc1. The first kappa shape index (κ1) is 15.8. The molecule has 1 atom stereocenters. The van der Waals surface area contributed by atoms with Crippen molar-refractivity contribution in [3.05, 3.63) is 52.8 Å². The van der Waals surface area contributed by atoms with Crippen LogP contribution in [0.4, 0.5) is 0 Å². The number of rotatable bonds is 4. The van der Waals surface area contributed by atoms with Crippen LogP contribution in [-0.4, -0.2) is 28.8 Å². The van der Waals surface area contributed by atoms with Gasteiger partial charge in [0, 0.05) is 23.9 Å². The fourth-order valence-electron chi connectivity index (χ4n) is 2.17. The molecule has 0 aliphatic carbocycles. The average molecular weight is 301 g/mol. The second-order valence-corrected chi connectivity index (χ2v) is 5.07. The highest BCUT2D eigenvalue weighted by Gasteiger charge is 2.16. The predicted molar refractivity (Wildman–Crippen MR) is 81.6 cm³/mol. The first-order chi connectivity index (χ1) is 10.4. The highest BCUT2D eigenvalue weighted by atomic mass is 16.5. The number of amides is 1. The van der Waals surface area contributed by atoms with Gasteiger partial charge in [0.1, 0.15) is 0 Å². The van der Waals surface area contributed by atoms with E-state index in [-0.39, 0.29) is 11.9 Å². The molecule has 1 aromatic heterocycles. The van der Waals surface area contributed by atoms with E-state index in [1.165, 1.54) is 7.11 Å². The van der Waals surface area contributed by atoms with Gasteiger partial charge in [0.2, 0.25) is 0 Å². The van der Waals surface area contributed by atoms with Crippen LogP contribution in [-0.2, 0) is 11.8 Å². The molecule has 6 heteroatoms. The largest absolute Gasteiger partial charge is 0.465 e. The number of nitrogens with one attached hydrogen (secondary N) is 1. The minimum Gasteiger partial charge on any atom is -0.465 e. The molecule has 0 bridgehead atoms. The Labute approximate surface area is 129 Å². The number of hydrogen-bond donors (Lipinski definition) is 1.